The van der Waals surface area contributed by atoms with Crippen LogP contribution in [0.25, 0.3) is 0 Å². The molecule has 10 nitrogen and oxygen atoms in total. The van der Waals surface area contributed by atoms with E-state index in [1.165, 1.54) is 21.6 Å². The minimum absolute atomic E-state index is 0.0378. The van der Waals surface area contributed by atoms with Gasteiger partial charge in [-0.1, -0.05) is 49.3 Å². The van der Waals surface area contributed by atoms with Gasteiger partial charge in [-0.25, -0.2) is 0 Å². The molecule has 0 aliphatic carbocycles. The van der Waals surface area contributed by atoms with Crippen LogP contribution in [-0.2, 0) is 53.4 Å². The van der Waals surface area contributed by atoms with E-state index >= 15 is 0 Å². The number of hydrogen-bond donors (Lipinski definition) is 0. The first-order valence-corrected chi connectivity index (χ1v) is 15.5. The highest BCUT2D eigenvalue weighted by molar-refractivity contribution is 8.76. The molecule has 0 spiro atoms. The number of ether oxygens (including phenoxy) is 4. The molecule has 2 heterocycles. The molecule has 0 atom stereocenters. The van der Waals surface area contributed by atoms with Crippen molar-refractivity contribution in [3.63, 3.8) is 0 Å². The van der Waals surface area contributed by atoms with Crippen molar-refractivity contribution in [3.8, 4) is 11.5 Å². The number of nitrogens with zero attached hydrogens (tertiary/aromatic N) is 2. The fourth-order valence-corrected chi connectivity index (χ4v) is 5.46. The average molecular weight is 593 g/mol. The van der Waals surface area contributed by atoms with Crippen LogP contribution < -0.4 is 9.47 Å². The first kappa shape index (κ1) is 33.1. The molecule has 12 heteroatoms. The summed E-state index contributed by atoms with van der Waals surface area (Å²) < 4.78 is 21.8. The zero-order valence-electron chi connectivity index (χ0n) is 23.8. The molecule has 40 heavy (non-hydrogen) atoms. The van der Waals surface area contributed by atoms with Crippen LogP contribution in [0.2, 0.25) is 0 Å². The van der Waals surface area contributed by atoms with Crippen molar-refractivity contribution in [2.75, 3.05) is 0 Å². The van der Waals surface area contributed by atoms with Crippen LogP contribution in [0.5, 0.6) is 11.5 Å². The number of hydrogen-bond acceptors (Lipinski definition) is 12. The van der Waals surface area contributed by atoms with Gasteiger partial charge >= 0.3 is 23.9 Å². The van der Waals surface area contributed by atoms with Gasteiger partial charge in [-0.2, -0.15) is 0 Å². The van der Waals surface area contributed by atoms with E-state index in [0.717, 1.165) is 11.1 Å². The topological polar surface area (TPSA) is 131 Å². The Kier molecular flexibility index (Phi) is 13.9. The van der Waals surface area contributed by atoms with Gasteiger partial charge in [0.2, 0.25) is 0 Å². The van der Waals surface area contributed by atoms with Crippen molar-refractivity contribution >= 4 is 45.5 Å². The van der Waals surface area contributed by atoms with Crippen molar-refractivity contribution in [2.24, 2.45) is 0 Å². The fraction of sp³-hybridized carbons (Fsp3) is 0.500. The molecule has 0 radical (unpaired) electrons. The minimum atomic E-state index is -0.408. The van der Waals surface area contributed by atoms with E-state index < -0.39 is 11.9 Å². The minimum Gasteiger partial charge on any atom is -0.461 e. The molecule has 0 saturated carbocycles. The molecule has 2 rings (SSSR count). The molecule has 0 fully saturated rings. The summed E-state index contributed by atoms with van der Waals surface area (Å²) in [6, 6.07) is 0. The predicted molar refractivity (Wildman–Crippen MR) is 153 cm³/mol. The van der Waals surface area contributed by atoms with Gasteiger partial charge in [0.1, 0.15) is 13.2 Å². The summed E-state index contributed by atoms with van der Waals surface area (Å²) in [5, 5.41) is 0. The van der Waals surface area contributed by atoms with E-state index in [1.54, 1.807) is 53.9 Å². The monoisotopic (exact) mass is 592 g/mol. The van der Waals surface area contributed by atoms with Gasteiger partial charge in [0.15, 0.2) is 11.5 Å². The molecule has 0 bridgehead atoms. The van der Waals surface area contributed by atoms with Crippen LogP contribution in [0, 0.1) is 13.8 Å². The largest absolute Gasteiger partial charge is 0.461 e. The third-order valence-corrected chi connectivity index (χ3v) is 7.89. The van der Waals surface area contributed by atoms with Gasteiger partial charge in [0.05, 0.1) is 11.4 Å². The Morgan fingerprint density at radius 1 is 0.625 bits per heavy atom. The lowest BCUT2D eigenvalue weighted by Gasteiger charge is -2.17. The Morgan fingerprint density at radius 3 is 1.30 bits per heavy atom. The second-order valence-corrected chi connectivity index (χ2v) is 11.0. The summed E-state index contributed by atoms with van der Waals surface area (Å²) in [7, 11) is 3.03. The maximum atomic E-state index is 12.1. The summed E-state index contributed by atoms with van der Waals surface area (Å²) in [6.07, 6.45) is 4.21. The maximum Gasteiger partial charge on any atom is 0.310 e. The van der Waals surface area contributed by atoms with Gasteiger partial charge < -0.3 is 18.9 Å². The molecule has 0 aromatic carbocycles. The molecule has 0 aliphatic rings. The zero-order valence-corrected chi connectivity index (χ0v) is 25.4. The third kappa shape index (κ3) is 9.81. The molecule has 0 saturated heterocycles. The lowest BCUT2D eigenvalue weighted by atomic mass is 10.1. The number of esters is 4. The predicted octanol–water partition coefficient (Wildman–Crippen LogP) is 5.71. The summed E-state index contributed by atoms with van der Waals surface area (Å²) in [5.74, 6) is 0.0314. The number of pyridine rings is 2. The van der Waals surface area contributed by atoms with Crippen molar-refractivity contribution in [3.05, 3.63) is 46.0 Å². The van der Waals surface area contributed by atoms with E-state index in [9.17, 15) is 19.2 Å². The van der Waals surface area contributed by atoms with E-state index in [1.807, 2.05) is 0 Å². The number of carbonyl (C=O) groups is 4. The maximum absolute atomic E-state index is 12.1. The Balaban J connectivity index is 2.25. The summed E-state index contributed by atoms with van der Waals surface area (Å²) >= 11 is 0. The fourth-order valence-electron chi connectivity index (χ4n) is 3.28. The molecule has 218 valence electrons. The standard InChI is InChI=1S/C28H36N2O8S2/c1-7-23(31)35-13-21-19(11-29-17(5)27(21)37-25(33)9-3)15-39-40-16-20-12-30-18(6)28(38-26(34)10-4)22(20)14-36-24(32)8-2/h11-12H,7-10,13-16H2,1-6H3. The number of carbonyl (C=O) groups excluding carboxylic acids is 4. The molecule has 0 N–H and O–H groups in total. The zero-order chi connectivity index (χ0) is 29.7. The lowest BCUT2D eigenvalue weighted by molar-refractivity contribution is -0.145. The van der Waals surface area contributed by atoms with Crippen molar-refractivity contribution < 1.29 is 38.1 Å². The van der Waals surface area contributed by atoms with E-state index in [4.69, 9.17) is 18.9 Å². The van der Waals surface area contributed by atoms with Crippen molar-refractivity contribution in [1.82, 2.24) is 9.97 Å². The smallest absolute Gasteiger partial charge is 0.310 e. The van der Waals surface area contributed by atoms with E-state index in [2.05, 4.69) is 9.97 Å². The molecular formula is C28H36N2O8S2. The SMILES string of the molecule is CCC(=O)OCc1c(CSSCc2cnc(C)c(OC(=O)CC)c2COC(=O)CC)cnc(C)c1OC(=O)CC. The van der Waals surface area contributed by atoms with Gasteiger partial charge in [0, 0.05) is 60.7 Å². The first-order valence-electron chi connectivity index (χ1n) is 13.1. The molecular weight excluding hydrogens is 556 g/mol. The number of aromatic nitrogens is 2. The van der Waals surface area contributed by atoms with Crippen LogP contribution in [0.4, 0.5) is 0 Å². The number of rotatable bonds is 15. The average Bonchev–Trinajstić information content (AvgIpc) is 2.96. The summed E-state index contributed by atoms with van der Waals surface area (Å²) in [5.41, 5.74) is 3.78. The van der Waals surface area contributed by atoms with Crippen LogP contribution in [-0.4, -0.2) is 33.8 Å². The van der Waals surface area contributed by atoms with Crippen LogP contribution in [0.1, 0.15) is 87.0 Å². The van der Waals surface area contributed by atoms with Gasteiger partial charge in [-0.05, 0) is 25.0 Å². The quantitative estimate of drug-likeness (QED) is 0.142. The van der Waals surface area contributed by atoms with Crippen LogP contribution in [0.3, 0.4) is 0 Å². The molecule has 0 amide bonds. The Labute approximate surface area is 242 Å². The normalized spacial score (nSPS) is 10.7. The highest BCUT2D eigenvalue weighted by Gasteiger charge is 2.20. The van der Waals surface area contributed by atoms with Crippen LogP contribution in [0.15, 0.2) is 12.4 Å². The Hall–Kier alpha value is -3.12. The third-order valence-electron chi connectivity index (χ3n) is 5.66. The van der Waals surface area contributed by atoms with Gasteiger partial charge in [0.25, 0.3) is 0 Å². The van der Waals surface area contributed by atoms with Crippen molar-refractivity contribution in [1.29, 1.82) is 0 Å². The second-order valence-electron chi connectivity index (χ2n) is 8.56. The first-order chi connectivity index (χ1) is 19.1. The molecule has 0 aliphatic heterocycles. The highest BCUT2D eigenvalue weighted by atomic mass is 33.1. The second kappa shape index (κ2) is 16.9. The number of aryl methyl sites for hydroxylation is 2. The summed E-state index contributed by atoms with van der Waals surface area (Å²) in [6.45, 7) is 10.2. The van der Waals surface area contributed by atoms with Crippen molar-refractivity contribution in [2.45, 2.75) is 91.9 Å². The van der Waals surface area contributed by atoms with Gasteiger partial charge in [-0.15, -0.1) is 0 Å². The Morgan fingerprint density at radius 2 is 0.975 bits per heavy atom. The Bertz CT molecular complexity index is 1130. The lowest BCUT2D eigenvalue weighted by Crippen LogP contribution is -2.13. The molecule has 2 aromatic rings. The van der Waals surface area contributed by atoms with E-state index in [0.29, 0.717) is 45.5 Å². The molecule has 0 unspecified atom stereocenters. The highest BCUT2D eigenvalue weighted by Crippen LogP contribution is 2.36. The molecule has 2 aromatic heterocycles. The van der Waals surface area contributed by atoms with Gasteiger partial charge in [-0.3, -0.25) is 29.1 Å². The van der Waals surface area contributed by atoms with Crippen LogP contribution >= 0.6 is 21.6 Å². The summed E-state index contributed by atoms with van der Waals surface area (Å²) in [4.78, 5) is 56.6. The van der Waals surface area contributed by atoms with E-state index in [-0.39, 0.29) is 50.8 Å².